The Hall–Kier alpha value is -1.82. The first-order valence-electron chi connectivity index (χ1n) is 7.60. The molecule has 6 nitrogen and oxygen atoms in total. The van der Waals surface area contributed by atoms with Crippen molar-refractivity contribution in [1.29, 1.82) is 0 Å². The van der Waals surface area contributed by atoms with Gasteiger partial charge in [0, 0.05) is 18.7 Å². The minimum atomic E-state index is 0.429. The fourth-order valence-corrected chi connectivity index (χ4v) is 3.03. The second-order valence-electron chi connectivity index (χ2n) is 5.72. The normalized spacial score (nSPS) is 18.0. The SMILES string of the molecule is COc1ccc2nc(N)n(CC(C)N3CCCCC3)c2n1. The molecule has 0 radical (unpaired) electrons. The summed E-state index contributed by atoms with van der Waals surface area (Å²) >= 11 is 0. The number of imidazole rings is 1. The number of aromatic nitrogens is 3. The Kier molecular flexibility index (Phi) is 3.96. The van der Waals surface area contributed by atoms with Crippen LogP contribution in [0.25, 0.3) is 11.2 Å². The summed E-state index contributed by atoms with van der Waals surface area (Å²) in [6.07, 6.45) is 3.92. The number of nitrogen functional groups attached to an aromatic ring is 1. The van der Waals surface area contributed by atoms with E-state index >= 15 is 0 Å². The van der Waals surface area contributed by atoms with E-state index in [2.05, 4.69) is 21.8 Å². The number of methoxy groups -OCH3 is 1. The van der Waals surface area contributed by atoms with Crippen molar-refractivity contribution in [3.05, 3.63) is 12.1 Å². The quantitative estimate of drug-likeness (QED) is 0.931. The Morgan fingerprint density at radius 2 is 2.00 bits per heavy atom. The number of nitrogens with zero attached hydrogens (tertiary/aromatic N) is 4. The molecule has 6 heteroatoms. The standard InChI is InChI=1S/C15H23N5O/c1-11(19-8-4-3-5-9-19)10-20-14-12(17-15(20)16)6-7-13(18-14)21-2/h6-7,11H,3-5,8-10H2,1-2H3,(H2,16,17). The van der Waals surface area contributed by atoms with Gasteiger partial charge in [0.1, 0.15) is 5.52 Å². The van der Waals surface area contributed by atoms with E-state index in [0.717, 1.165) is 17.7 Å². The van der Waals surface area contributed by atoms with Crippen LogP contribution < -0.4 is 10.5 Å². The molecule has 2 N–H and O–H groups in total. The number of pyridine rings is 1. The first kappa shape index (κ1) is 14.1. The third-order valence-corrected chi connectivity index (χ3v) is 4.27. The number of piperidine rings is 1. The van der Waals surface area contributed by atoms with Crippen LogP contribution in [0.1, 0.15) is 26.2 Å². The van der Waals surface area contributed by atoms with Gasteiger partial charge in [-0.25, -0.2) is 4.98 Å². The van der Waals surface area contributed by atoms with Gasteiger partial charge in [0.25, 0.3) is 0 Å². The summed E-state index contributed by atoms with van der Waals surface area (Å²) in [5, 5.41) is 0. The monoisotopic (exact) mass is 289 g/mol. The average molecular weight is 289 g/mol. The van der Waals surface area contributed by atoms with E-state index in [9.17, 15) is 0 Å². The zero-order valence-electron chi connectivity index (χ0n) is 12.7. The molecule has 0 aromatic carbocycles. The number of rotatable bonds is 4. The van der Waals surface area contributed by atoms with Crippen molar-refractivity contribution in [2.45, 2.75) is 38.8 Å². The number of likely N-dealkylation sites (tertiary alicyclic amines) is 1. The van der Waals surface area contributed by atoms with Crippen LogP contribution >= 0.6 is 0 Å². The van der Waals surface area contributed by atoms with E-state index in [1.807, 2.05) is 16.7 Å². The molecular weight excluding hydrogens is 266 g/mol. The fourth-order valence-electron chi connectivity index (χ4n) is 3.03. The number of fused-ring (bicyclic) bond motifs is 1. The summed E-state index contributed by atoms with van der Waals surface area (Å²) in [4.78, 5) is 11.4. The van der Waals surface area contributed by atoms with Gasteiger partial charge in [-0.2, -0.15) is 4.98 Å². The molecule has 2 aromatic rings. The van der Waals surface area contributed by atoms with Gasteiger partial charge in [-0.3, -0.25) is 9.47 Å². The summed E-state index contributed by atoms with van der Waals surface area (Å²) in [7, 11) is 1.62. The molecule has 114 valence electrons. The highest BCUT2D eigenvalue weighted by atomic mass is 16.5. The molecule has 0 bridgehead atoms. The lowest BCUT2D eigenvalue weighted by Gasteiger charge is -2.32. The number of ether oxygens (including phenoxy) is 1. The number of nitrogens with two attached hydrogens (primary N) is 1. The van der Waals surface area contributed by atoms with E-state index < -0.39 is 0 Å². The zero-order chi connectivity index (χ0) is 14.8. The van der Waals surface area contributed by atoms with Crippen molar-refractivity contribution in [3.8, 4) is 5.88 Å². The summed E-state index contributed by atoms with van der Waals surface area (Å²) in [5.41, 5.74) is 7.70. The van der Waals surface area contributed by atoms with Crippen LogP contribution in [0.4, 0.5) is 5.95 Å². The molecule has 1 aliphatic rings. The molecule has 1 saturated heterocycles. The first-order valence-corrected chi connectivity index (χ1v) is 7.60. The Morgan fingerprint density at radius 3 is 2.71 bits per heavy atom. The predicted octanol–water partition coefficient (Wildman–Crippen LogP) is 1.90. The molecule has 0 saturated carbocycles. The highest BCUT2D eigenvalue weighted by Gasteiger charge is 2.19. The molecule has 2 aromatic heterocycles. The lowest BCUT2D eigenvalue weighted by atomic mass is 10.1. The minimum absolute atomic E-state index is 0.429. The molecule has 0 spiro atoms. The van der Waals surface area contributed by atoms with Gasteiger partial charge in [-0.1, -0.05) is 6.42 Å². The second-order valence-corrected chi connectivity index (χ2v) is 5.72. The summed E-state index contributed by atoms with van der Waals surface area (Å²) in [5.74, 6) is 1.11. The third kappa shape index (κ3) is 2.81. The van der Waals surface area contributed by atoms with Gasteiger partial charge < -0.3 is 10.5 Å². The smallest absolute Gasteiger partial charge is 0.215 e. The highest BCUT2D eigenvalue weighted by Crippen LogP contribution is 2.21. The van der Waals surface area contributed by atoms with E-state index in [-0.39, 0.29) is 0 Å². The van der Waals surface area contributed by atoms with Gasteiger partial charge in [0.05, 0.1) is 7.11 Å². The lowest BCUT2D eigenvalue weighted by Crippen LogP contribution is -2.39. The van der Waals surface area contributed by atoms with Gasteiger partial charge in [-0.05, 0) is 38.9 Å². The Morgan fingerprint density at radius 1 is 1.24 bits per heavy atom. The number of hydrogen-bond donors (Lipinski definition) is 1. The molecule has 3 heterocycles. The van der Waals surface area contributed by atoms with Crippen LogP contribution in [0.2, 0.25) is 0 Å². The van der Waals surface area contributed by atoms with Crippen LogP contribution in [0.5, 0.6) is 5.88 Å². The van der Waals surface area contributed by atoms with Crippen molar-refractivity contribution >= 4 is 17.1 Å². The number of anilines is 1. The molecule has 0 amide bonds. The van der Waals surface area contributed by atoms with Crippen molar-refractivity contribution in [2.24, 2.45) is 0 Å². The Balaban J connectivity index is 1.86. The third-order valence-electron chi connectivity index (χ3n) is 4.27. The van der Waals surface area contributed by atoms with Crippen molar-refractivity contribution < 1.29 is 4.74 Å². The topological polar surface area (TPSA) is 69.2 Å². The molecular formula is C15H23N5O. The van der Waals surface area contributed by atoms with E-state index in [0.29, 0.717) is 17.9 Å². The maximum atomic E-state index is 6.08. The van der Waals surface area contributed by atoms with Crippen molar-refractivity contribution in [1.82, 2.24) is 19.4 Å². The molecule has 1 aliphatic heterocycles. The van der Waals surface area contributed by atoms with Gasteiger partial charge in [0.15, 0.2) is 5.65 Å². The van der Waals surface area contributed by atoms with E-state index in [1.165, 1.54) is 32.4 Å². The van der Waals surface area contributed by atoms with Crippen LogP contribution in [-0.2, 0) is 6.54 Å². The average Bonchev–Trinajstić information content (AvgIpc) is 2.83. The molecule has 1 fully saturated rings. The van der Waals surface area contributed by atoms with E-state index in [4.69, 9.17) is 10.5 Å². The summed E-state index contributed by atoms with van der Waals surface area (Å²) in [6, 6.07) is 4.14. The van der Waals surface area contributed by atoms with Crippen LogP contribution in [0.3, 0.4) is 0 Å². The van der Waals surface area contributed by atoms with Gasteiger partial charge in [0.2, 0.25) is 11.8 Å². The molecule has 1 atom stereocenters. The van der Waals surface area contributed by atoms with Gasteiger partial charge >= 0.3 is 0 Å². The summed E-state index contributed by atoms with van der Waals surface area (Å²) in [6.45, 7) is 5.40. The lowest BCUT2D eigenvalue weighted by molar-refractivity contribution is 0.161. The maximum Gasteiger partial charge on any atom is 0.215 e. The van der Waals surface area contributed by atoms with Gasteiger partial charge in [-0.15, -0.1) is 0 Å². The molecule has 0 aliphatic carbocycles. The maximum absolute atomic E-state index is 6.08. The van der Waals surface area contributed by atoms with E-state index in [1.54, 1.807) is 7.11 Å². The largest absolute Gasteiger partial charge is 0.481 e. The highest BCUT2D eigenvalue weighted by molar-refractivity contribution is 5.74. The van der Waals surface area contributed by atoms with Crippen LogP contribution in [0.15, 0.2) is 12.1 Å². The summed E-state index contributed by atoms with van der Waals surface area (Å²) < 4.78 is 7.20. The first-order chi connectivity index (χ1) is 10.2. The fraction of sp³-hybridized carbons (Fsp3) is 0.600. The van der Waals surface area contributed by atoms with Crippen molar-refractivity contribution in [2.75, 3.05) is 25.9 Å². The minimum Gasteiger partial charge on any atom is -0.481 e. The second kappa shape index (κ2) is 5.89. The zero-order valence-corrected chi connectivity index (χ0v) is 12.7. The van der Waals surface area contributed by atoms with Crippen molar-refractivity contribution in [3.63, 3.8) is 0 Å². The Labute approximate surface area is 124 Å². The Bertz CT molecular complexity index is 618. The van der Waals surface area contributed by atoms with Crippen LogP contribution in [-0.4, -0.2) is 45.7 Å². The number of hydrogen-bond acceptors (Lipinski definition) is 5. The molecule has 1 unspecified atom stereocenters. The molecule has 21 heavy (non-hydrogen) atoms. The van der Waals surface area contributed by atoms with Crippen LogP contribution in [0, 0.1) is 0 Å². The molecule has 3 rings (SSSR count). The predicted molar refractivity (Wildman–Crippen MR) is 83.4 cm³/mol.